The van der Waals surface area contributed by atoms with E-state index in [1.54, 1.807) is 0 Å². The van der Waals surface area contributed by atoms with E-state index < -0.39 is 0 Å². The highest BCUT2D eigenvalue weighted by Gasteiger charge is 2.10. The molecule has 0 saturated heterocycles. The number of rotatable bonds is 8. The van der Waals surface area contributed by atoms with E-state index in [-0.39, 0.29) is 5.91 Å². The fraction of sp³-hybridized carbons (Fsp3) is 0.562. The van der Waals surface area contributed by atoms with Crippen LogP contribution in [0, 0.1) is 5.92 Å². The molecule has 1 aromatic rings. The highest BCUT2D eigenvalue weighted by molar-refractivity contribution is 5.94. The van der Waals surface area contributed by atoms with Crippen molar-refractivity contribution in [3.63, 3.8) is 0 Å². The van der Waals surface area contributed by atoms with Crippen molar-refractivity contribution < 1.29 is 4.79 Å². The molecule has 1 rings (SSSR count). The van der Waals surface area contributed by atoms with Crippen LogP contribution >= 0.6 is 0 Å². The van der Waals surface area contributed by atoms with Gasteiger partial charge in [0.15, 0.2) is 0 Å². The van der Waals surface area contributed by atoms with E-state index in [1.165, 1.54) is 5.56 Å². The van der Waals surface area contributed by atoms with Gasteiger partial charge in [0.05, 0.1) is 0 Å². The normalized spacial score (nSPS) is 12.2. The van der Waals surface area contributed by atoms with Gasteiger partial charge < -0.3 is 11.1 Å². The number of nitrogens with one attached hydrogen (secondary N) is 1. The van der Waals surface area contributed by atoms with Crippen molar-refractivity contribution >= 4 is 5.91 Å². The van der Waals surface area contributed by atoms with Crippen LogP contribution in [0.1, 0.15) is 49.0 Å². The van der Waals surface area contributed by atoms with Gasteiger partial charge in [-0.1, -0.05) is 32.4 Å². The number of nitrogens with two attached hydrogens (primary N) is 1. The molecule has 0 aliphatic carbocycles. The molecule has 1 unspecified atom stereocenters. The van der Waals surface area contributed by atoms with Crippen LogP contribution in [0.3, 0.4) is 0 Å². The number of carbonyl (C=O) groups excluding carboxylic acids is 1. The van der Waals surface area contributed by atoms with E-state index in [1.807, 2.05) is 24.3 Å². The summed E-state index contributed by atoms with van der Waals surface area (Å²) in [4.78, 5) is 12.0. The lowest BCUT2D eigenvalue weighted by Gasteiger charge is -2.16. The van der Waals surface area contributed by atoms with E-state index >= 15 is 0 Å². The molecule has 0 heterocycles. The first-order chi connectivity index (χ1) is 9.21. The summed E-state index contributed by atoms with van der Waals surface area (Å²) in [5.74, 6) is 0.509. The van der Waals surface area contributed by atoms with E-state index in [2.05, 4.69) is 19.2 Å². The highest BCUT2D eigenvalue weighted by atomic mass is 16.1. The van der Waals surface area contributed by atoms with Gasteiger partial charge in [-0.2, -0.15) is 0 Å². The Morgan fingerprint density at radius 2 is 1.89 bits per heavy atom. The number of carbonyl (C=O) groups is 1. The van der Waals surface area contributed by atoms with Gasteiger partial charge in [-0.25, -0.2) is 0 Å². The fourth-order valence-corrected chi connectivity index (χ4v) is 2.22. The van der Waals surface area contributed by atoms with Crippen molar-refractivity contribution in [1.82, 2.24) is 5.32 Å². The number of benzene rings is 1. The summed E-state index contributed by atoms with van der Waals surface area (Å²) in [6, 6.07) is 7.81. The van der Waals surface area contributed by atoms with E-state index in [4.69, 9.17) is 5.73 Å². The summed E-state index contributed by atoms with van der Waals surface area (Å²) >= 11 is 0. The van der Waals surface area contributed by atoms with Gasteiger partial charge in [0.1, 0.15) is 0 Å². The Hall–Kier alpha value is -1.35. The lowest BCUT2D eigenvalue weighted by Crippen LogP contribution is -2.30. The predicted molar refractivity (Wildman–Crippen MR) is 80.2 cm³/mol. The lowest BCUT2D eigenvalue weighted by atomic mass is 9.99. The van der Waals surface area contributed by atoms with Crippen molar-refractivity contribution in [2.24, 2.45) is 11.7 Å². The Labute approximate surface area is 116 Å². The van der Waals surface area contributed by atoms with Gasteiger partial charge in [-0.05, 0) is 49.4 Å². The standard InChI is InChI=1S/C16H26N2O/c1-3-5-14(10-11-17)12-18-16(19)15-8-6-13(4-2)7-9-15/h6-9,14H,3-5,10-12,17H2,1-2H3,(H,18,19). The molecule has 19 heavy (non-hydrogen) atoms. The molecule has 0 fully saturated rings. The second kappa shape index (κ2) is 8.70. The molecule has 106 valence electrons. The van der Waals surface area contributed by atoms with Gasteiger partial charge in [0.25, 0.3) is 5.91 Å². The molecule has 0 radical (unpaired) electrons. The third kappa shape index (κ3) is 5.43. The third-order valence-electron chi connectivity index (χ3n) is 3.45. The third-order valence-corrected chi connectivity index (χ3v) is 3.45. The summed E-state index contributed by atoms with van der Waals surface area (Å²) < 4.78 is 0. The van der Waals surface area contributed by atoms with Crippen LogP contribution in [-0.2, 0) is 6.42 Å². The maximum absolute atomic E-state index is 12.0. The zero-order valence-corrected chi connectivity index (χ0v) is 12.1. The van der Waals surface area contributed by atoms with Crippen LogP contribution in [-0.4, -0.2) is 19.0 Å². The molecule has 0 aliphatic rings. The summed E-state index contributed by atoms with van der Waals surface area (Å²) in [7, 11) is 0. The first kappa shape index (κ1) is 15.7. The van der Waals surface area contributed by atoms with Crippen LogP contribution < -0.4 is 11.1 Å². The Morgan fingerprint density at radius 3 is 2.42 bits per heavy atom. The van der Waals surface area contributed by atoms with E-state index in [9.17, 15) is 4.79 Å². The molecular weight excluding hydrogens is 236 g/mol. The van der Waals surface area contributed by atoms with Crippen molar-refractivity contribution in [2.75, 3.05) is 13.1 Å². The molecule has 1 aromatic carbocycles. The molecule has 0 saturated carbocycles. The average Bonchev–Trinajstić information content (AvgIpc) is 2.45. The summed E-state index contributed by atoms with van der Waals surface area (Å²) in [5, 5.41) is 3.01. The van der Waals surface area contributed by atoms with Gasteiger partial charge in [-0.15, -0.1) is 0 Å². The molecule has 3 heteroatoms. The van der Waals surface area contributed by atoms with Crippen molar-refractivity contribution in [3.8, 4) is 0 Å². The molecule has 0 aliphatic heterocycles. The first-order valence-electron chi connectivity index (χ1n) is 7.28. The number of hydrogen-bond donors (Lipinski definition) is 2. The topological polar surface area (TPSA) is 55.1 Å². The zero-order chi connectivity index (χ0) is 14.1. The maximum Gasteiger partial charge on any atom is 0.251 e. The zero-order valence-electron chi connectivity index (χ0n) is 12.1. The molecule has 0 spiro atoms. The number of hydrogen-bond acceptors (Lipinski definition) is 2. The molecule has 1 atom stereocenters. The van der Waals surface area contributed by atoms with Gasteiger partial charge in [-0.3, -0.25) is 4.79 Å². The lowest BCUT2D eigenvalue weighted by molar-refractivity contribution is 0.0945. The maximum atomic E-state index is 12.0. The highest BCUT2D eigenvalue weighted by Crippen LogP contribution is 2.10. The molecule has 0 aromatic heterocycles. The van der Waals surface area contributed by atoms with Gasteiger partial charge in [0.2, 0.25) is 0 Å². The van der Waals surface area contributed by atoms with Gasteiger partial charge in [0, 0.05) is 12.1 Å². The summed E-state index contributed by atoms with van der Waals surface area (Å²) in [5.41, 5.74) is 7.59. The average molecular weight is 262 g/mol. The smallest absolute Gasteiger partial charge is 0.251 e. The monoisotopic (exact) mass is 262 g/mol. The van der Waals surface area contributed by atoms with Gasteiger partial charge >= 0.3 is 0 Å². The molecule has 1 amide bonds. The summed E-state index contributed by atoms with van der Waals surface area (Å²) in [6.45, 7) is 5.68. The minimum absolute atomic E-state index is 0.0146. The van der Waals surface area contributed by atoms with Crippen LogP contribution in [0.25, 0.3) is 0 Å². The minimum Gasteiger partial charge on any atom is -0.352 e. The second-order valence-corrected chi connectivity index (χ2v) is 4.99. The molecular formula is C16H26N2O. The Kier molecular flexibility index (Phi) is 7.19. The van der Waals surface area contributed by atoms with Crippen molar-refractivity contribution in [1.29, 1.82) is 0 Å². The second-order valence-electron chi connectivity index (χ2n) is 4.99. The van der Waals surface area contributed by atoms with Crippen LogP contribution in [0.2, 0.25) is 0 Å². The molecule has 3 nitrogen and oxygen atoms in total. The van der Waals surface area contributed by atoms with Crippen LogP contribution in [0.4, 0.5) is 0 Å². The van der Waals surface area contributed by atoms with Crippen molar-refractivity contribution in [3.05, 3.63) is 35.4 Å². The molecule has 0 bridgehead atoms. The van der Waals surface area contributed by atoms with Crippen LogP contribution in [0.5, 0.6) is 0 Å². The number of amides is 1. The number of aryl methyl sites for hydroxylation is 1. The van der Waals surface area contributed by atoms with E-state index in [0.29, 0.717) is 12.5 Å². The van der Waals surface area contributed by atoms with E-state index in [0.717, 1.165) is 37.8 Å². The SMILES string of the molecule is CCCC(CCN)CNC(=O)c1ccc(CC)cc1. The van der Waals surface area contributed by atoms with Crippen LogP contribution in [0.15, 0.2) is 24.3 Å². The largest absolute Gasteiger partial charge is 0.352 e. The molecule has 3 N–H and O–H groups in total. The minimum atomic E-state index is 0.0146. The Balaban J connectivity index is 2.48. The Bertz CT molecular complexity index is 367. The first-order valence-corrected chi connectivity index (χ1v) is 7.28. The van der Waals surface area contributed by atoms with Crippen molar-refractivity contribution in [2.45, 2.75) is 39.5 Å². The predicted octanol–water partition coefficient (Wildman–Crippen LogP) is 2.74. The summed E-state index contributed by atoms with van der Waals surface area (Å²) in [6.07, 6.45) is 4.22. The quantitative estimate of drug-likeness (QED) is 0.757. The fourth-order valence-electron chi connectivity index (χ4n) is 2.22. The Morgan fingerprint density at radius 1 is 1.21 bits per heavy atom.